The summed E-state index contributed by atoms with van der Waals surface area (Å²) in [4.78, 5) is 0. The minimum Gasteiger partial charge on any atom is -0.377 e. The van der Waals surface area contributed by atoms with Crippen LogP contribution in [-0.2, 0) is 41.6 Å². The third-order valence-electron chi connectivity index (χ3n) is 4.08. The van der Waals surface area contributed by atoms with E-state index in [0.717, 1.165) is 0 Å². The van der Waals surface area contributed by atoms with E-state index in [0.29, 0.717) is 79.3 Å². The number of hydrogen-bond donors (Lipinski definition) is 0. The van der Waals surface area contributed by atoms with Crippen molar-refractivity contribution in [2.24, 2.45) is 0 Å². The molecule has 0 heterocycles. The second kappa shape index (κ2) is 18.0. The highest BCUT2D eigenvalue weighted by Crippen LogP contribution is 2.00. The van der Waals surface area contributed by atoms with E-state index in [1.807, 2.05) is 60.7 Å². The van der Waals surface area contributed by atoms with Crippen LogP contribution in [0.1, 0.15) is 11.1 Å². The Balaban J connectivity index is 1.23. The van der Waals surface area contributed by atoms with Crippen LogP contribution in [0.3, 0.4) is 0 Å². The Morgan fingerprint density at radius 1 is 0.333 bits per heavy atom. The monoisotopic (exact) mass is 418 g/mol. The van der Waals surface area contributed by atoms with E-state index in [1.54, 1.807) is 0 Å². The molecule has 0 radical (unpaired) electrons. The summed E-state index contributed by atoms with van der Waals surface area (Å²) in [6.45, 7) is 6.84. The van der Waals surface area contributed by atoms with Gasteiger partial charge in [-0.25, -0.2) is 0 Å². The van der Waals surface area contributed by atoms with E-state index in [9.17, 15) is 0 Å². The molecule has 0 unspecified atom stereocenters. The summed E-state index contributed by atoms with van der Waals surface area (Å²) >= 11 is 0. The number of benzene rings is 2. The zero-order valence-corrected chi connectivity index (χ0v) is 17.7. The average Bonchev–Trinajstić information content (AvgIpc) is 2.79. The highest BCUT2D eigenvalue weighted by Gasteiger charge is 1.95. The number of hydrogen-bond acceptors (Lipinski definition) is 6. The maximum atomic E-state index is 5.55. The molecule has 0 aliphatic heterocycles. The van der Waals surface area contributed by atoms with Crippen LogP contribution >= 0.6 is 0 Å². The van der Waals surface area contributed by atoms with Crippen LogP contribution < -0.4 is 0 Å². The molecule has 2 aromatic rings. The Bertz CT molecular complexity index is 552. The summed E-state index contributed by atoms with van der Waals surface area (Å²) in [5.41, 5.74) is 2.34. The van der Waals surface area contributed by atoms with Gasteiger partial charge in [0.15, 0.2) is 0 Å². The van der Waals surface area contributed by atoms with E-state index < -0.39 is 0 Å². The van der Waals surface area contributed by atoms with Crippen molar-refractivity contribution in [2.75, 3.05) is 66.1 Å². The summed E-state index contributed by atoms with van der Waals surface area (Å²) in [5.74, 6) is 0. The molecule has 2 aromatic carbocycles. The van der Waals surface area contributed by atoms with Crippen LogP contribution in [-0.4, -0.2) is 66.1 Å². The fourth-order valence-corrected chi connectivity index (χ4v) is 2.53. The molecule has 0 N–H and O–H groups in total. The molecule has 0 aliphatic carbocycles. The summed E-state index contributed by atoms with van der Waals surface area (Å²) in [5, 5.41) is 0. The molecule has 30 heavy (non-hydrogen) atoms. The quantitative estimate of drug-likeness (QED) is 0.326. The molecular formula is C24H34O6. The summed E-state index contributed by atoms with van der Waals surface area (Å²) in [7, 11) is 0. The van der Waals surface area contributed by atoms with Crippen LogP contribution in [0.2, 0.25) is 0 Å². The Hall–Kier alpha value is -1.80. The van der Waals surface area contributed by atoms with Crippen molar-refractivity contribution >= 4 is 0 Å². The Labute approximate surface area is 180 Å². The van der Waals surface area contributed by atoms with E-state index in [4.69, 9.17) is 28.4 Å². The van der Waals surface area contributed by atoms with E-state index in [-0.39, 0.29) is 0 Å². The Kier molecular flexibility index (Phi) is 14.7. The van der Waals surface area contributed by atoms with Gasteiger partial charge in [0.05, 0.1) is 79.3 Å². The van der Waals surface area contributed by atoms with Crippen molar-refractivity contribution in [1.82, 2.24) is 0 Å². The number of ether oxygens (including phenoxy) is 6. The first-order chi connectivity index (χ1) is 14.9. The molecule has 0 fully saturated rings. The molecule has 0 saturated carbocycles. The fraction of sp³-hybridized carbons (Fsp3) is 0.500. The minimum absolute atomic E-state index is 0.550. The van der Waals surface area contributed by atoms with Gasteiger partial charge >= 0.3 is 0 Å². The first-order valence-electron chi connectivity index (χ1n) is 10.5. The topological polar surface area (TPSA) is 55.4 Å². The van der Waals surface area contributed by atoms with Crippen LogP contribution in [0.25, 0.3) is 0 Å². The summed E-state index contributed by atoms with van der Waals surface area (Å²) in [6.07, 6.45) is 0. The zero-order valence-electron chi connectivity index (χ0n) is 17.7. The number of rotatable bonds is 19. The van der Waals surface area contributed by atoms with E-state index >= 15 is 0 Å². The Morgan fingerprint density at radius 3 is 0.900 bits per heavy atom. The second-order valence-corrected chi connectivity index (χ2v) is 6.53. The minimum atomic E-state index is 0.550. The third-order valence-corrected chi connectivity index (χ3v) is 4.08. The van der Waals surface area contributed by atoms with Gasteiger partial charge in [-0.05, 0) is 11.1 Å². The lowest BCUT2D eigenvalue weighted by atomic mass is 10.2. The standard InChI is InChI=1S/C24H34O6/c1-3-7-23(8-4-1)21-29-19-17-27-15-13-25-11-12-26-14-16-28-18-20-30-22-24-9-5-2-6-10-24/h1-10H,11-22H2. The first kappa shape index (κ1) is 24.5. The van der Waals surface area contributed by atoms with Crippen LogP contribution in [0, 0.1) is 0 Å². The van der Waals surface area contributed by atoms with E-state index in [1.165, 1.54) is 11.1 Å². The molecule has 0 amide bonds. The normalized spacial score (nSPS) is 11.1. The highest BCUT2D eigenvalue weighted by molar-refractivity contribution is 5.14. The summed E-state index contributed by atoms with van der Waals surface area (Å²) < 4.78 is 33.0. The molecule has 166 valence electrons. The van der Waals surface area contributed by atoms with Crippen molar-refractivity contribution in [2.45, 2.75) is 13.2 Å². The molecule has 0 aliphatic rings. The SMILES string of the molecule is c1ccc(COCCOCCOCCOCCOCCOCc2ccccc2)cc1. The van der Waals surface area contributed by atoms with Crippen molar-refractivity contribution in [3.8, 4) is 0 Å². The van der Waals surface area contributed by atoms with Gasteiger partial charge in [-0.3, -0.25) is 0 Å². The summed E-state index contributed by atoms with van der Waals surface area (Å²) in [6, 6.07) is 20.2. The lowest BCUT2D eigenvalue weighted by molar-refractivity contribution is -0.0185. The predicted molar refractivity (Wildman–Crippen MR) is 115 cm³/mol. The van der Waals surface area contributed by atoms with Gasteiger partial charge in [-0.2, -0.15) is 0 Å². The molecule has 0 spiro atoms. The van der Waals surface area contributed by atoms with Gasteiger partial charge < -0.3 is 28.4 Å². The zero-order chi connectivity index (χ0) is 21.0. The van der Waals surface area contributed by atoms with Gasteiger partial charge in [0.2, 0.25) is 0 Å². The Morgan fingerprint density at radius 2 is 0.600 bits per heavy atom. The molecular weight excluding hydrogens is 384 g/mol. The second-order valence-electron chi connectivity index (χ2n) is 6.53. The molecule has 0 bridgehead atoms. The average molecular weight is 419 g/mol. The van der Waals surface area contributed by atoms with Crippen molar-refractivity contribution in [1.29, 1.82) is 0 Å². The molecule has 6 nitrogen and oxygen atoms in total. The maximum absolute atomic E-state index is 5.55. The molecule has 0 saturated heterocycles. The van der Waals surface area contributed by atoms with E-state index in [2.05, 4.69) is 0 Å². The largest absolute Gasteiger partial charge is 0.377 e. The van der Waals surface area contributed by atoms with Crippen molar-refractivity contribution in [3.05, 3.63) is 71.8 Å². The van der Waals surface area contributed by atoms with Crippen LogP contribution in [0.5, 0.6) is 0 Å². The van der Waals surface area contributed by atoms with Crippen molar-refractivity contribution < 1.29 is 28.4 Å². The van der Waals surface area contributed by atoms with Gasteiger partial charge in [-0.15, -0.1) is 0 Å². The van der Waals surface area contributed by atoms with Crippen molar-refractivity contribution in [3.63, 3.8) is 0 Å². The lowest BCUT2D eigenvalue weighted by Crippen LogP contribution is -2.14. The van der Waals surface area contributed by atoms with Gasteiger partial charge in [0.25, 0.3) is 0 Å². The molecule has 0 atom stereocenters. The van der Waals surface area contributed by atoms with Gasteiger partial charge in [0.1, 0.15) is 0 Å². The molecule has 6 heteroatoms. The predicted octanol–water partition coefficient (Wildman–Crippen LogP) is 3.49. The molecule has 0 aromatic heterocycles. The lowest BCUT2D eigenvalue weighted by Gasteiger charge is -2.08. The van der Waals surface area contributed by atoms with Gasteiger partial charge in [0, 0.05) is 0 Å². The molecule has 2 rings (SSSR count). The first-order valence-corrected chi connectivity index (χ1v) is 10.5. The fourth-order valence-electron chi connectivity index (χ4n) is 2.53. The van der Waals surface area contributed by atoms with Gasteiger partial charge in [-0.1, -0.05) is 60.7 Å². The van der Waals surface area contributed by atoms with Crippen LogP contribution in [0.15, 0.2) is 60.7 Å². The third kappa shape index (κ3) is 13.4. The van der Waals surface area contributed by atoms with Crippen LogP contribution in [0.4, 0.5) is 0 Å². The smallest absolute Gasteiger partial charge is 0.0718 e. The highest BCUT2D eigenvalue weighted by atomic mass is 16.6. The maximum Gasteiger partial charge on any atom is 0.0718 e.